The number of fused-ring (bicyclic) bond motifs is 5. The van der Waals surface area contributed by atoms with Gasteiger partial charge in [0.25, 0.3) is 0 Å². The Morgan fingerprint density at radius 3 is 2.15 bits per heavy atom. The van der Waals surface area contributed by atoms with Crippen LogP contribution in [-0.4, -0.2) is 0 Å². The Hall–Kier alpha value is -3.78. The molecule has 6 rings (SSSR count). The minimum absolute atomic E-state index is 0.458. The maximum absolute atomic E-state index is 7.27. The molecule has 2 N–H and O–H groups in total. The van der Waals surface area contributed by atoms with Crippen molar-refractivity contribution in [3.05, 3.63) is 137 Å². The first kappa shape index (κ1) is 20.8. The fraction of sp³-hybridized carbons (Fsp3) is 0.188. The van der Waals surface area contributed by atoms with Crippen molar-refractivity contribution in [3.8, 4) is 0 Å². The number of allylic oxidation sites excluding steroid dienone is 7. The maximum Gasteiger partial charge on any atom is 0.0862 e. The molecule has 34 heavy (non-hydrogen) atoms. The molecule has 3 aromatic rings. The Balaban J connectivity index is 1.73. The van der Waals surface area contributed by atoms with E-state index >= 15 is 0 Å². The molecule has 1 atom stereocenters. The van der Waals surface area contributed by atoms with Crippen molar-refractivity contribution in [2.45, 2.75) is 32.1 Å². The second kappa shape index (κ2) is 7.92. The lowest BCUT2D eigenvalue weighted by Gasteiger charge is -2.46. The van der Waals surface area contributed by atoms with Crippen molar-refractivity contribution in [2.75, 3.05) is 4.90 Å². The van der Waals surface area contributed by atoms with Crippen molar-refractivity contribution < 1.29 is 0 Å². The molecule has 3 aliphatic rings. The fourth-order valence-electron chi connectivity index (χ4n) is 6.23. The molecule has 168 valence electrons. The van der Waals surface area contributed by atoms with E-state index in [1.165, 1.54) is 39.2 Å². The van der Waals surface area contributed by atoms with E-state index < -0.39 is 5.41 Å². The quantitative estimate of drug-likeness (QED) is 0.448. The van der Waals surface area contributed by atoms with E-state index in [-0.39, 0.29) is 0 Å². The summed E-state index contributed by atoms with van der Waals surface area (Å²) in [5, 5.41) is 0. The first-order valence-electron chi connectivity index (χ1n) is 12.3. The number of anilines is 3. The van der Waals surface area contributed by atoms with Crippen LogP contribution >= 0.6 is 0 Å². The third kappa shape index (κ3) is 2.69. The van der Waals surface area contributed by atoms with Gasteiger partial charge >= 0.3 is 0 Å². The zero-order chi connectivity index (χ0) is 23.3. The summed E-state index contributed by atoms with van der Waals surface area (Å²) in [7, 11) is 0. The van der Waals surface area contributed by atoms with Crippen LogP contribution in [0.5, 0.6) is 0 Å². The standard InChI is InChI=1S/C32H30N2/c1-3-12-25-24-20-19-22(4-2)21-28(24)32(31(25)33)26-15-8-10-17-29(26)34(23-13-6-5-7-14-23)30-18-11-9-16-27(30)32/h3,5-20,22H,4,21,33H2,1-2H3/b12-3-. The second-order valence-electron chi connectivity index (χ2n) is 9.41. The van der Waals surface area contributed by atoms with Gasteiger partial charge < -0.3 is 10.6 Å². The molecule has 0 radical (unpaired) electrons. The average molecular weight is 443 g/mol. The van der Waals surface area contributed by atoms with E-state index in [9.17, 15) is 0 Å². The van der Waals surface area contributed by atoms with Gasteiger partial charge in [-0.25, -0.2) is 0 Å². The van der Waals surface area contributed by atoms with E-state index in [2.05, 4.69) is 122 Å². The molecule has 2 heteroatoms. The number of para-hydroxylation sites is 3. The van der Waals surface area contributed by atoms with Gasteiger partial charge in [0.15, 0.2) is 0 Å². The summed E-state index contributed by atoms with van der Waals surface area (Å²) in [5.74, 6) is 0.528. The average Bonchev–Trinajstić information content (AvgIpc) is 3.13. The molecular weight excluding hydrogens is 412 g/mol. The molecule has 1 unspecified atom stereocenters. The van der Waals surface area contributed by atoms with Crippen LogP contribution in [0.2, 0.25) is 0 Å². The summed E-state index contributed by atoms with van der Waals surface area (Å²) in [5.41, 5.74) is 17.8. The van der Waals surface area contributed by atoms with Gasteiger partial charge in [0, 0.05) is 17.0 Å². The van der Waals surface area contributed by atoms with Gasteiger partial charge in [0.2, 0.25) is 0 Å². The van der Waals surface area contributed by atoms with Crippen LogP contribution < -0.4 is 10.6 Å². The first-order chi connectivity index (χ1) is 16.7. The molecule has 2 aliphatic carbocycles. The Kier molecular flexibility index (Phi) is 4.84. The van der Waals surface area contributed by atoms with Crippen molar-refractivity contribution in [3.63, 3.8) is 0 Å². The number of hydrogen-bond acceptors (Lipinski definition) is 2. The van der Waals surface area contributed by atoms with Gasteiger partial charge in [-0.15, -0.1) is 0 Å². The highest BCUT2D eigenvalue weighted by atomic mass is 15.2. The predicted octanol–water partition coefficient (Wildman–Crippen LogP) is 7.84. The first-order valence-corrected chi connectivity index (χ1v) is 12.3. The fourth-order valence-corrected chi connectivity index (χ4v) is 6.23. The molecule has 3 aromatic carbocycles. The SMILES string of the molecule is C/C=C\C1=C(N)C2(C3=C1C=CC(CC)C3)c1ccccc1N(c1ccccc1)c1ccccc12. The van der Waals surface area contributed by atoms with Gasteiger partial charge in [-0.3, -0.25) is 0 Å². The molecule has 0 saturated heterocycles. The van der Waals surface area contributed by atoms with Gasteiger partial charge in [-0.2, -0.15) is 0 Å². The Morgan fingerprint density at radius 1 is 0.912 bits per heavy atom. The highest BCUT2D eigenvalue weighted by Gasteiger charge is 2.53. The topological polar surface area (TPSA) is 29.3 Å². The summed E-state index contributed by atoms with van der Waals surface area (Å²) in [4.78, 5) is 2.40. The third-order valence-corrected chi connectivity index (χ3v) is 7.73. The monoisotopic (exact) mass is 442 g/mol. The largest absolute Gasteiger partial charge is 0.400 e. The molecule has 0 fully saturated rings. The summed E-state index contributed by atoms with van der Waals surface area (Å²) < 4.78 is 0. The molecule has 2 nitrogen and oxygen atoms in total. The molecule has 1 heterocycles. The molecule has 1 spiro atoms. The molecule has 0 saturated carbocycles. The number of benzene rings is 3. The normalized spacial score (nSPS) is 20.2. The summed E-state index contributed by atoms with van der Waals surface area (Å²) in [6.07, 6.45) is 11.2. The van der Waals surface area contributed by atoms with E-state index in [4.69, 9.17) is 5.73 Å². The van der Waals surface area contributed by atoms with Gasteiger partial charge in [-0.05, 0) is 72.2 Å². The predicted molar refractivity (Wildman–Crippen MR) is 142 cm³/mol. The van der Waals surface area contributed by atoms with Crippen LogP contribution in [0.25, 0.3) is 0 Å². The summed E-state index contributed by atoms with van der Waals surface area (Å²) >= 11 is 0. The lowest BCUT2D eigenvalue weighted by atomic mass is 9.63. The number of rotatable bonds is 3. The van der Waals surface area contributed by atoms with E-state index in [1.54, 1.807) is 0 Å². The van der Waals surface area contributed by atoms with Gasteiger partial charge in [0.05, 0.1) is 16.8 Å². The van der Waals surface area contributed by atoms with Crippen LogP contribution in [0.3, 0.4) is 0 Å². The highest BCUT2D eigenvalue weighted by Crippen LogP contribution is 2.62. The number of nitrogens with two attached hydrogens (primary N) is 1. The van der Waals surface area contributed by atoms with Crippen molar-refractivity contribution in [1.82, 2.24) is 0 Å². The van der Waals surface area contributed by atoms with E-state index in [0.717, 1.165) is 24.2 Å². The van der Waals surface area contributed by atoms with Crippen molar-refractivity contribution in [1.29, 1.82) is 0 Å². The second-order valence-corrected chi connectivity index (χ2v) is 9.41. The number of nitrogens with zero attached hydrogens (tertiary/aromatic N) is 1. The highest BCUT2D eigenvalue weighted by molar-refractivity contribution is 5.91. The van der Waals surface area contributed by atoms with Crippen LogP contribution in [-0.2, 0) is 5.41 Å². The molecular formula is C32H30N2. The maximum atomic E-state index is 7.27. The third-order valence-electron chi connectivity index (χ3n) is 7.73. The zero-order valence-electron chi connectivity index (χ0n) is 19.8. The molecule has 0 aromatic heterocycles. The Labute approximate surface area is 202 Å². The molecule has 1 aliphatic heterocycles. The van der Waals surface area contributed by atoms with Crippen LogP contribution in [0, 0.1) is 5.92 Å². The van der Waals surface area contributed by atoms with Gasteiger partial charge in [-0.1, -0.05) is 85.8 Å². The van der Waals surface area contributed by atoms with Crippen LogP contribution in [0.4, 0.5) is 17.1 Å². The van der Waals surface area contributed by atoms with Crippen LogP contribution in [0.1, 0.15) is 37.8 Å². The summed E-state index contributed by atoms with van der Waals surface area (Å²) in [6, 6.07) is 28.3. The smallest absolute Gasteiger partial charge is 0.0862 e. The Bertz CT molecular complexity index is 1340. The molecule has 0 bridgehead atoms. The minimum Gasteiger partial charge on any atom is -0.400 e. The van der Waals surface area contributed by atoms with Gasteiger partial charge in [0.1, 0.15) is 0 Å². The molecule has 0 amide bonds. The lowest BCUT2D eigenvalue weighted by Crippen LogP contribution is -2.40. The lowest BCUT2D eigenvalue weighted by molar-refractivity contribution is 0.556. The number of hydrogen-bond donors (Lipinski definition) is 1. The van der Waals surface area contributed by atoms with Crippen molar-refractivity contribution >= 4 is 17.1 Å². The van der Waals surface area contributed by atoms with Crippen molar-refractivity contribution in [2.24, 2.45) is 11.7 Å². The van der Waals surface area contributed by atoms with E-state index in [1.807, 2.05) is 0 Å². The summed E-state index contributed by atoms with van der Waals surface area (Å²) in [6.45, 7) is 4.36. The Morgan fingerprint density at radius 2 is 1.53 bits per heavy atom. The van der Waals surface area contributed by atoms with E-state index in [0.29, 0.717) is 5.92 Å². The van der Waals surface area contributed by atoms with Crippen LogP contribution in [0.15, 0.2) is 126 Å². The zero-order valence-corrected chi connectivity index (χ0v) is 19.8. The minimum atomic E-state index is -0.458.